The van der Waals surface area contributed by atoms with Crippen molar-refractivity contribution in [3.63, 3.8) is 0 Å². The van der Waals surface area contributed by atoms with Gasteiger partial charge in [0.05, 0.1) is 19.3 Å². The fourth-order valence-corrected chi connectivity index (χ4v) is 2.17. The number of nitrogens with zero attached hydrogens (tertiary/aromatic N) is 1. The van der Waals surface area contributed by atoms with Gasteiger partial charge in [0.25, 0.3) is 0 Å². The molecule has 1 fully saturated rings. The fraction of sp³-hybridized carbons (Fsp3) is 0.538. The first-order valence-electron chi connectivity index (χ1n) is 6.12. The summed E-state index contributed by atoms with van der Waals surface area (Å²) in [6.45, 7) is 3.76. The van der Waals surface area contributed by atoms with Gasteiger partial charge in [-0.2, -0.15) is 0 Å². The molecular weight excluding hydrogens is 216 g/mol. The minimum atomic E-state index is -0.473. The molecular formula is C13H20N2O2. The zero-order valence-corrected chi connectivity index (χ0v) is 10.0. The molecule has 0 saturated carbocycles. The molecule has 0 aromatic heterocycles. The van der Waals surface area contributed by atoms with Crippen LogP contribution in [0.2, 0.25) is 0 Å². The third-order valence-corrected chi connectivity index (χ3v) is 3.09. The predicted molar refractivity (Wildman–Crippen MR) is 68.1 cm³/mol. The van der Waals surface area contributed by atoms with E-state index < -0.39 is 6.10 Å². The molecule has 0 unspecified atom stereocenters. The van der Waals surface area contributed by atoms with Gasteiger partial charge >= 0.3 is 0 Å². The topological polar surface area (TPSA) is 58.7 Å². The number of para-hydroxylation sites is 1. The number of aliphatic hydroxyl groups excluding tert-OH is 1. The second-order valence-corrected chi connectivity index (χ2v) is 4.25. The van der Waals surface area contributed by atoms with E-state index in [-0.39, 0.29) is 0 Å². The molecule has 4 heteroatoms. The normalized spacial score (nSPS) is 18.1. The molecule has 3 N–H and O–H groups in total. The van der Waals surface area contributed by atoms with E-state index in [0.29, 0.717) is 13.0 Å². The largest absolute Gasteiger partial charge is 0.388 e. The summed E-state index contributed by atoms with van der Waals surface area (Å²) in [5.74, 6) is 0. The highest BCUT2D eigenvalue weighted by Crippen LogP contribution is 2.28. The van der Waals surface area contributed by atoms with Gasteiger partial charge in [-0.3, -0.25) is 0 Å². The van der Waals surface area contributed by atoms with Crippen molar-refractivity contribution in [3.05, 3.63) is 29.8 Å². The lowest BCUT2D eigenvalue weighted by Crippen LogP contribution is -2.37. The molecule has 0 amide bonds. The molecule has 17 heavy (non-hydrogen) atoms. The monoisotopic (exact) mass is 236 g/mol. The number of nitrogens with two attached hydrogens (primary N) is 1. The van der Waals surface area contributed by atoms with Gasteiger partial charge in [0.15, 0.2) is 0 Å². The van der Waals surface area contributed by atoms with Gasteiger partial charge in [0, 0.05) is 24.3 Å². The first kappa shape index (κ1) is 12.4. The van der Waals surface area contributed by atoms with Crippen LogP contribution in [0.1, 0.15) is 18.1 Å². The van der Waals surface area contributed by atoms with Gasteiger partial charge in [-0.05, 0) is 19.0 Å². The van der Waals surface area contributed by atoms with Crippen LogP contribution >= 0.6 is 0 Å². The van der Waals surface area contributed by atoms with Crippen molar-refractivity contribution in [2.45, 2.75) is 12.5 Å². The van der Waals surface area contributed by atoms with E-state index >= 15 is 0 Å². The van der Waals surface area contributed by atoms with Crippen LogP contribution in [0.15, 0.2) is 24.3 Å². The Morgan fingerprint density at radius 2 is 2.00 bits per heavy atom. The van der Waals surface area contributed by atoms with Gasteiger partial charge in [-0.25, -0.2) is 0 Å². The quantitative estimate of drug-likeness (QED) is 0.815. The molecule has 1 aliphatic rings. The van der Waals surface area contributed by atoms with Crippen molar-refractivity contribution in [1.29, 1.82) is 0 Å². The van der Waals surface area contributed by atoms with Crippen LogP contribution in [-0.4, -0.2) is 38.0 Å². The number of morpholine rings is 1. The van der Waals surface area contributed by atoms with Crippen molar-refractivity contribution in [3.8, 4) is 0 Å². The van der Waals surface area contributed by atoms with Crippen LogP contribution in [0.4, 0.5) is 5.69 Å². The van der Waals surface area contributed by atoms with Crippen LogP contribution in [0, 0.1) is 0 Å². The third kappa shape index (κ3) is 2.97. The van der Waals surface area contributed by atoms with Crippen LogP contribution in [0.5, 0.6) is 0 Å². The number of aliphatic hydroxyl groups is 1. The van der Waals surface area contributed by atoms with Crippen LogP contribution in [0.3, 0.4) is 0 Å². The van der Waals surface area contributed by atoms with Crippen molar-refractivity contribution in [2.75, 3.05) is 37.7 Å². The number of benzene rings is 1. The number of anilines is 1. The lowest BCUT2D eigenvalue weighted by molar-refractivity contribution is 0.122. The number of hydrogen-bond acceptors (Lipinski definition) is 4. The Labute approximate surface area is 102 Å². The van der Waals surface area contributed by atoms with Gasteiger partial charge in [0.2, 0.25) is 0 Å². The van der Waals surface area contributed by atoms with Crippen molar-refractivity contribution >= 4 is 5.69 Å². The Bertz CT molecular complexity index is 351. The second-order valence-electron chi connectivity index (χ2n) is 4.25. The molecule has 0 aliphatic carbocycles. The third-order valence-electron chi connectivity index (χ3n) is 3.09. The maximum atomic E-state index is 10.1. The molecule has 0 bridgehead atoms. The minimum Gasteiger partial charge on any atom is -0.388 e. The van der Waals surface area contributed by atoms with E-state index in [0.717, 1.165) is 37.6 Å². The average molecular weight is 236 g/mol. The van der Waals surface area contributed by atoms with Crippen LogP contribution in [0.25, 0.3) is 0 Å². The van der Waals surface area contributed by atoms with Gasteiger partial charge in [-0.1, -0.05) is 18.2 Å². The molecule has 2 rings (SSSR count). The Morgan fingerprint density at radius 3 is 2.71 bits per heavy atom. The molecule has 0 radical (unpaired) electrons. The summed E-state index contributed by atoms with van der Waals surface area (Å²) < 4.78 is 5.34. The van der Waals surface area contributed by atoms with Crippen molar-refractivity contribution in [2.24, 2.45) is 5.73 Å². The van der Waals surface area contributed by atoms with E-state index in [1.807, 2.05) is 18.2 Å². The Morgan fingerprint density at radius 1 is 1.29 bits per heavy atom. The van der Waals surface area contributed by atoms with Crippen molar-refractivity contribution in [1.82, 2.24) is 0 Å². The Hall–Kier alpha value is -1.10. The highest BCUT2D eigenvalue weighted by Gasteiger charge is 2.17. The molecule has 1 aromatic rings. The SMILES string of the molecule is NCC[C@@H](O)c1ccccc1N1CCOCC1. The van der Waals surface area contributed by atoms with E-state index in [2.05, 4.69) is 11.0 Å². The van der Waals surface area contributed by atoms with Gasteiger partial charge in [0.1, 0.15) is 0 Å². The summed E-state index contributed by atoms with van der Waals surface area (Å²) in [5, 5.41) is 10.1. The highest BCUT2D eigenvalue weighted by molar-refractivity contribution is 5.54. The fourth-order valence-electron chi connectivity index (χ4n) is 2.17. The number of ether oxygens (including phenoxy) is 1. The zero-order chi connectivity index (χ0) is 12.1. The van der Waals surface area contributed by atoms with Gasteiger partial charge < -0.3 is 20.5 Å². The molecule has 1 saturated heterocycles. The summed E-state index contributed by atoms with van der Waals surface area (Å²) in [7, 11) is 0. The average Bonchev–Trinajstić information content (AvgIpc) is 2.40. The highest BCUT2D eigenvalue weighted by atomic mass is 16.5. The van der Waals surface area contributed by atoms with Crippen LogP contribution < -0.4 is 10.6 Å². The molecule has 1 atom stereocenters. The Balaban J connectivity index is 2.19. The predicted octanol–water partition coefficient (Wildman–Crippen LogP) is 0.905. The lowest BCUT2D eigenvalue weighted by Gasteiger charge is -2.31. The first-order chi connectivity index (χ1) is 8.33. The summed E-state index contributed by atoms with van der Waals surface area (Å²) in [4.78, 5) is 2.26. The maximum absolute atomic E-state index is 10.1. The molecule has 1 aromatic carbocycles. The summed E-state index contributed by atoms with van der Waals surface area (Å²) in [5.41, 5.74) is 7.58. The van der Waals surface area contributed by atoms with Gasteiger partial charge in [-0.15, -0.1) is 0 Å². The Kier molecular flexibility index (Phi) is 4.36. The summed E-state index contributed by atoms with van der Waals surface area (Å²) in [6, 6.07) is 7.99. The van der Waals surface area contributed by atoms with E-state index in [1.54, 1.807) is 0 Å². The lowest BCUT2D eigenvalue weighted by atomic mass is 10.0. The molecule has 1 heterocycles. The molecule has 1 aliphatic heterocycles. The smallest absolute Gasteiger partial charge is 0.0822 e. The summed E-state index contributed by atoms with van der Waals surface area (Å²) in [6.07, 6.45) is 0.125. The second kappa shape index (κ2) is 6.00. The first-order valence-corrected chi connectivity index (χ1v) is 6.12. The van der Waals surface area contributed by atoms with E-state index in [4.69, 9.17) is 10.5 Å². The summed E-state index contributed by atoms with van der Waals surface area (Å²) >= 11 is 0. The van der Waals surface area contributed by atoms with Crippen LogP contribution in [-0.2, 0) is 4.74 Å². The standard InChI is InChI=1S/C13H20N2O2/c14-6-5-13(16)11-3-1-2-4-12(11)15-7-9-17-10-8-15/h1-4,13,16H,5-10,14H2/t13-/m1/s1. The molecule has 94 valence electrons. The maximum Gasteiger partial charge on any atom is 0.0822 e. The van der Waals surface area contributed by atoms with E-state index in [1.165, 1.54) is 0 Å². The molecule has 4 nitrogen and oxygen atoms in total. The van der Waals surface area contributed by atoms with Crippen molar-refractivity contribution < 1.29 is 9.84 Å². The zero-order valence-electron chi connectivity index (χ0n) is 10.0. The number of hydrogen-bond donors (Lipinski definition) is 2. The number of rotatable bonds is 4. The van der Waals surface area contributed by atoms with E-state index in [9.17, 15) is 5.11 Å². The molecule has 0 spiro atoms. The minimum absolute atomic E-state index is 0.473.